The summed E-state index contributed by atoms with van der Waals surface area (Å²) in [5, 5.41) is 0. The lowest BCUT2D eigenvalue weighted by Crippen LogP contribution is -1.97. The quantitative estimate of drug-likeness (QED) is 0.514. The van der Waals surface area contributed by atoms with Gasteiger partial charge in [-0.05, 0) is 25.0 Å². The Bertz CT molecular complexity index is 481. The first kappa shape index (κ1) is 18.0. The van der Waals surface area contributed by atoms with E-state index in [2.05, 4.69) is 43.6 Å². The number of hydrogen-bond acceptors (Lipinski definition) is 2. The van der Waals surface area contributed by atoms with Gasteiger partial charge in [0.1, 0.15) is 24.7 Å². The number of rotatable bonds is 8. The summed E-state index contributed by atoms with van der Waals surface area (Å²) in [6, 6.07) is 8.49. The van der Waals surface area contributed by atoms with Gasteiger partial charge in [-0.2, -0.15) is 0 Å². The fraction of sp³-hybridized carbons (Fsp3) is 0.500. The van der Waals surface area contributed by atoms with Crippen LogP contribution in [0.3, 0.4) is 0 Å². The minimum atomic E-state index is 0.389. The van der Waals surface area contributed by atoms with E-state index in [1.807, 2.05) is 12.1 Å². The van der Waals surface area contributed by atoms with Crippen LogP contribution in [0.25, 0.3) is 0 Å². The lowest BCUT2D eigenvalue weighted by Gasteiger charge is -2.05. The molecule has 2 nitrogen and oxygen atoms in total. The SMILES string of the molecule is CCCCC#CCOc1[c]ccc(OCC#CCCCC)c1. The van der Waals surface area contributed by atoms with Crippen molar-refractivity contribution in [1.29, 1.82) is 0 Å². The molecule has 117 valence electrons. The van der Waals surface area contributed by atoms with Crippen LogP contribution < -0.4 is 9.47 Å². The van der Waals surface area contributed by atoms with E-state index in [-0.39, 0.29) is 0 Å². The lowest BCUT2D eigenvalue weighted by molar-refractivity contribution is 0.351. The third-order valence-electron chi connectivity index (χ3n) is 2.92. The fourth-order valence-electron chi connectivity index (χ4n) is 1.64. The molecule has 1 radical (unpaired) electrons. The van der Waals surface area contributed by atoms with E-state index in [9.17, 15) is 0 Å². The van der Waals surface area contributed by atoms with Gasteiger partial charge in [0.2, 0.25) is 0 Å². The summed E-state index contributed by atoms with van der Waals surface area (Å²) in [7, 11) is 0. The molecule has 0 aliphatic heterocycles. The Labute approximate surface area is 135 Å². The van der Waals surface area contributed by atoms with Crippen molar-refractivity contribution in [2.24, 2.45) is 0 Å². The van der Waals surface area contributed by atoms with Crippen molar-refractivity contribution >= 4 is 0 Å². The monoisotopic (exact) mass is 297 g/mol. The highest BCUT2D eigenvalue weighted by Crippen LogP contribution is 2.18. The van der Waals surface area contributed by atoms with Crippen LogP contribution in [0.15, 0.2) is 18.2 Å². The highest BCUT2D eigenvalue weighted by Gasteiger charge is 1.96. The highest BCUT2D eigenvalue weighted by molar-refractivity contribution is 5.32. The molecule has 0 saturated carbocycles. The first-order valence-electron chi connectivity index (χ1n) is 8.05. The molecule has 0 saturated heterocycles. The molecular formula is C20H25O2. The molecule has 0 aromatic heterocycles. The van der Waals surface area contributed by atoms with Gasteiger partial charge in [0, 0.05) is 25.0 Å². The van der Waals surface area contributed by atoms with Crippen LogP contribution in [-0.2, 0) is 0 Å². The van der Waals surface area contributed by atoms with Gasteiger partial charge < -0.3 is 9.47 Å². The normalized spacial score (nSPS) is 9.18. The van der Waals surface area contributed by atoms with E-state index in [1.165, 1.54) is 12.8 Å². The van der Waals surface area contributed by atoms with Crippen LogP contribution >= 0.6 is 0 Å². The second kappa shape index (κ2) is 12.7. The molecule has 0 heterocycles. The molecule has 0 aliphatic carbocycles. The first-order chi connectivity index (χ1) is 10.9. The van der Waals surface area contributed by atoms with Gasteiger partial charge in [0.25, 0.3) is 0 Å². The van der Waals surface area contributed by atoms with Gasteiger partial charge in [-0.25, -0.2) is 0 Å². The Morgan fingerprint density at radius 3 is 2.18 bits per heavy atom. The maximum Gasteiger partial charge on any atom is 0.149 e. The number of hydrogen-bond donors (Lipinski definition) is 0. The van der Waals surface area contributed by atoms with Crippen molar-refractivity contribution < 1.29 is 9.47 Å². The van der Waals surface area contributed by atoms with E-state index in [0.717, 1.165) is 31.4 Å². The van der Waals surface area contributed by atoms with Crippen molar-refractivity contribution in [3.05, 3.63) is 24.3 Å². The van der Waals surface area contributed by atoms with Crippen LogP contribution in [-0.4, -0.2) is 13.2 Å². The molecule has 1 aromatic carbocycles. The average molecular weight is 297 g/mol. The standard InChI is InChI=1S/C20H25O2/c1-3-5-7-9-11-16-21-19-14-13-15-20(18-19)22-17-12-10-8-6-4-2/h13-14,18H,3-8,16-17H2,1-2H3. The number of benzene rings is 1. The van der Waals surface area contributed by atoms with Crippen LogP contribution in [0.4, 0.5) is 0 Å². The summed E-state index contributed by atoms with van der Waals surface area (Å²) >= 11 is 0. The first-order valence-corrected chi connectivity index (χ1v) is 8.05. The lowest BCUT2D eigenvalue weighted by atomic mass is 10.2. The molecule has 0 spiro atoms. The van der Waals surface area contributed by atoms with Crippen LogP contribution in [0.5, 0.6) is 11.5 Å². The highest BCUT2D eigenvalue weighted by atomic mass is 16.5. The van der Waals surface area contributed by atoms with Gasteiger partial charge in [0.15, 0.2) is 0 Å². The van der Waals surface area contributed by atoms with Crippen molar-refractivity contribution in [2.75, 3.05) is 13.2 Å². The Balaban J connectivity index is 2.31. The second-order valence-corrected chi connectivity index (χ2v) is 4.88. The summed E-state index contributed by atoms with van der Waals surface area (Å²) < 4.78 is 11.1. The van der Waals surface area contributed by atoms with E-state index in [1.54, 1.807) is 6.07 Å². The molecule has 0 amide bonds. The predicted octanol–water partition coefficient (Wildman–Crippen LogP) is 4.63. The van der Waals surface area contributed by atoms with Crippen LogP contribution in [0.2, 0.25) is 0 Å². The molecule has 1 rings (SSSR count). The van der Waals surface area contributed by atoms with Gasteiger partial charge in [-0.15, -0.1) is 0 Å². The second-order valence-electron chi connectivity index (χ2n) is 4.88. The molecular weight excluding hydrogens is 272 g/mol. The van der Waals surface area contributed by atoms with Gasteiger partial charge in [-0.3, -0.25) is 0 Å². The summed E-state index contributed by atoms with van der Waals surface area (Å²) in [6.45, 7) is 5.12. The third-order valence-corrected chi connectivity index (χ3v) is 2.92. The van der Waals surface area contributed by atoms with Crippen molar-refractivity contribution in [2.45, 2.75) is 52.4 Å². The zero-order chi connectivity index (χ0) is 15.9. The van der Waals surface area contributed by atoms with Crippen LogP contribution in [0.1, 0.15) is 52.4 Å². The Morgan fingerprint density at radius 1 is 0.909 bits per heavy atom. The molecule has 0 fully saturated rings. The van der Waals surface area contributed by atoms with Crippen molar-refractivity contribution in [3.8, 4) is 35.2 Å². The number of unbranched alkanes of at least 4 members (excludes halogenated alkanes) is 4. The molecule has 0 unspecified atom stereocenters. The smallest absolute Gasteiger partial charge is 0.149 e. The van der Waals surface area contributed by atoms with Gasteiger partial charge >= 0.3 is 0 Å². The van der Waals surface area contributed by atoms with E-state index < -0.39 is 0 Å². The summed E-state index contributed by atoms with van der Waals surface area (Å²) in [5.41, 5.74) is 0. The van der Waals surface area contributed by atoms with Crippen molar-refractivity contribution in [3.63, 3.8) is 0 Å². The summed E-state index contributed by atoms with van der Waals surface area (Å²) in [6.07, 6.45) is 6.50. The minimum Gasteiger partial charge on any atom is -0.481 e. The maximum atomic E-state index is 5.58. The molecule has 0 bridgehead atoms. The van der Waals surface area contributed by atoms with E-state index in [4.69, 9.17) is 9.47 Å². The van der Waals surface area contributed by atoms with Gasteiger partial charge in [0.05, 0.1) is 0 Å². The van der Waals surface area contributed by atoms with Crippen LogP contribution in [0, 0.1) is 29.7 Å². The largest absolute Gasteiger partial charge is 0.481 e. The van der Waals surface area contributed by atoms with E-state index >= 15 is 0 Å². The van der Waals surface area contributed by atoms with Gasteiger partial charge in [-0.1, -0.05) is 50.4 Å². The maximum absolute atomic E-state index is 5.58. The topological polar surface area (TPSA) is 18.5 Å². The zero-order valence-electron chi connectivity index (χ0n) is 13.7. The fourth-order valence-corrected chi connectivity index (χ4v) is 1.64. The average Bonchev–Trinajstić information content (AvgIpc) is 2.54. The molecule has 0 aliphatic rings. The summed E-state index contributed by atoms with van der Waals surface area (Å²) in [4.78, 5) is 0. The minimum absolute atomic E-state index is 0.389. The zero-order valence-corrected chi connectivity index (χ0v) is 13.7. The Hall–Kier alpha value is -2.06. The Morgan fingerprint density at radius 2 is 1.55 bits per heavy atom. The Kier molecular flexibility index (Phi) is 10.4. The third kappa shape index (κ3) is 8.98. The summed E-state index contributed by atoms with van der Waals surface area (Å²) in [5.74, 6) is 13.6. The van der Waals surface area contributed by atoms with E-state index in [0.29, 0.717) is 19.0 Å². The molecule has 0 atom stereocenters. The molecule has 22 heavy (non-hydrogen) atoms. The molecule has 2 heteroatoms. The van der Waals surface area contributed by atoms with Crippen molar-refractivity contribution in [1.82, 2.24) is 0 Å². The molecule has 1 aromatic rings. The molecule has 0 N–H and O–H groups in total. The number of ether oxygens (including phenoxy) is 2. The predicted molar refractivity (Wildman–Crippen MR) is 90.9 cm³/mol.